The molecule has 0 atom stereocenters. The van der Waals surface area contributed by atoms with E-state index in [2.05, 4.69) is 6.08 Å². The molecule has 1 aromatic carbocycles. The molecule has 0 bridgehead atoms. The maximum Gasteiger partial charge on any atom is 0.416 e. The van der Waals surface area contributed by atoms with E-state index in [9.17, 15) is 13.2 Å². The van der Waals surface area contributed by atoms with Gasteiger partial charge in [0.1, 0.15) is 0 Å². The third kappa shape index (κ3) is 6.74. The lowest BCUT2D eigenvalue weighted by Crippen LogP contribution is -2.25. The molecule has 2 fully saturated rings. The standard InChI is InChI=1S/C25H30F3NO/c26-25(27,28)23-13-9-21(10-14-23)22-11-15-24(16-12-22)30-18-20-7-5-19(6-8-20)4-2-1-3-17-29/h1-4,9-10,13-14,19-20,22,24H,5-8,11-12,15-16,18H2. The van der Waals surface area contributed by atoms with Crippen LogP contribution in [0.25, 0.3) is 0 Å². The van der Waals surface area contributed by atoms with Crippen molar-refractivity contribution in [3.8, 4) is 6.07 Å². The first-order valence-electron chi connectivity index (χ1n) is 11.0. The minimum atomic E-state index is -4.27. The highest BCUT2D eigenvalue weighted by atomic mass is 19.4. The number of benzene rings is 1. The second-order valence-electron chi connectivity index (χ2n) is 8.58. The summed E-state index contributed by atoms with van der Waals surface area (Å²) in [6, 6.07) is 7.66. The highest BCUT2D eigenvalue weighted by molar-refractivity contribution is 5.27. The highest BCUT2D eigenvalue weighted by Crippen LogP contribution is 2.37. The number of hydrogen-bond acceptors (Lipinski definition) is 2. The van der Waals surface area contributed by atoms with Crippen molar-refractivity contribution < 1.29 is 17.9 Å². The van der Waals surface area contributed by atoms with E-state index in [1.807, 2.05) is 12.1 Å². The van der Waals surface area contributed by atoms with E-state index in [4.69, 9.17) is 10.00 Å². The number of alkyl halides is 3. The lowest BCUT2D eigenvalue weighted by molar-refractivity contribution is -0.137. The molecule has 0 amide bonds. The summed E-state index contributed by atoms with van der Waals surface area (Å²) in [5.74, 6) is 1.56. The fraction of sp³-hybridized carbons (Fsp3) is 0.560. The molecule has 0 spiro atoms. The molecule has 0 aliphatic heterocycles. The van der Waals surface area contributed by atoms with Gasteiger partial charge in [-0.2, -0.15) is 18.4 Å². The molecule has 2 aliphatic rings. The molecule has 0 N–H and O–H groups in total. The van der Waals surface area contributed by atoms with E-state index >= 15 is 0 Å². The minimum Gasteiger partial charge on any atom is -0.378 e. The normalized spacial score (nSPS) is 28.1. The van der Waals surface area contributed by atoms with E-state index < -0.39 is 11.7 Å². The SMILES string of the molecule is N#CC=CC=CC1CCC(COC2CCC(c3ccc(C(F)(F)F)cc3)CC2)CC1. The largest absolute Gasteiger partial charge is 0.416 e. The van der Waals surface area contributed by atoms with E-state index in [1.165, 1.54) is 43.9 Å². The van der Waals surface area contributed by atoms with Crippen LogP contribution in [0.4, 0.5) is 13.2 Å². The number of ether oxygens (including phenoxy) is 1. The average molecular weight is 418 g/mol. The Kier molecular flexibility index (Phi) is 8.16. The molecule has 0 heterocycles. The third-order valence-corrected chi connectivity index (χ3v) is 6.51. The Hall–Kier alpha value is -2.06. The van der Waals surface area contributed by atoms with Crippen molar-refractivity contribution in [2.45, 2.75) is 69.6 Å². The first kappa shape index (κ1) is 22.6. The second kappa shape index (κ2) is 10.8. The van der Waals surface area contributed by atoms with E-state index in [0.717, 1.165) is 37.9 Å². The Morgan fingerprint density at radius 2 is 1.60 bits per heavy atom. The number of allylic oxidation sites excluding steroid dienone is 4. The van der Waals surface area contributed by atoms with Crippen molar-refractivity contribution in [1.82, 2.24) is 0 Å². The topological polar surface area (TPSA) is 33.0 Å². The van der Waals surface area contributed by atoms with Crippen molar-refractivity contribution in [3.05, 3.63) is 59.7 Å². The molecular weight excluding hydrogens is 387 g/mol. The molecule has 1 aromatic rings. The maximum atomic E-state index is 12.7. The molecule has 5 heteroatoms. The van der Waals surface area contributed by atoms with Crippen LogP contribution in [0.5, 0.6) is 0 Å². The predicted octanol–water partition coefficient (Wildman–Crippen LogP) is 7.19. The van der Waals surface area contributed by atoms with Crippen molar-refractivity contribution >= 4 is 0 Å². The molecule has 0 saturated heterocycles. The zero-order valence-corrected chi connectivity index (χ0v) is 17.3. The first-order valence-corrected chi connectivity index (χ1v) is 11.0. The molecule has 2 aliphatic carbocycles. The summed E-state index contributed by atoms with van der Waals surface area (Å²) in [5, 5.41) is 8.49. The monoisotopic (exact) mass is 417 g/mol. The van der Waals surface area contributed by atoms with Crippen LogP contribution in [0, 0.1) is 23.2 Å². The minimum absolute atomic E-state index is 0.282. The molecule has 0 radical (unpaired) electrons. The molecule has 0 unspecified atom stereocenters. The zero-order chi connectivity index (χ0) is 21.4. The summed E-state index contributed by atoms with van der Waals surface area (Å²) in [6.07, 6.45) is 12.1. The van der Waals surface area contributed by atoms with Crippen LogP contribution < -0.4 is 0 Å². The van der Waals surface area contributed by atoms with Gasteiger partial charge in [-0.15, -0.1) is 0 Å². The van der Waals surface area contributed by atoms with Gasteiger partial charge < -0.3 is 4.74 Å². The molecule has 2 saturated carbocycles. The van der Waals surface area contributed by atoms with Crippen LogP contribution in [0.1, 0.15) is 68.4 Å². The fourth-order valence-electron chi connectivity index (χ4n) is 4.65. The number of halogens is 3. The van der Waals surface area contributed by atoms with Gasteiger partial charge in [0.15, 0.2) is 0 Å². The number of hydrogen-bond donors (Lipinski definition) is 0. The quantitative estimate of drug-likeness (QED) is 0.362. The smallest absolute Gasteiger partial charge is 0.378 e. The molecule has 0 aromatic heterocycles. The number of nitrogens with zero attached hydrogens (tertiary/aromatic N) is 1. The molecular formula is C25H30F3NO. The van der Waals surface area contributed by atoms with Crippen LogP contribution in [0.3, 0.4) is 0 Å². The lowest BCUT2D eigenvalue weighted by atomic mass is 9.81. The summed E-state index contributed by atoms with van der Waals surface area (Å²) in [7, 11) is 0. The molecule has 162 valence electrons. The molecule has 30 heavy (non-hydrogen) atoms. The zero-order valence-electron chi connectivity index (χ0n) is 17.3. The van der Waals surface area contributed by atoms with Crippen LogP contribution in [-0.4, -0.2) is 12.7 Å². The Bertz CT molecular complexity index is 744. The van der Waals surface area contributed by atoms with Crippen molar-refractivity contribution in [3.63, 3.8) is 0 Å². The Labute approximate surface area is 177 Å². The Balaban J connectivity index is 1.35. The van der Waals surface area contributed by atoms with Gasteiger partial charge in [0.25, 0.3) is 0 Å². The summed E-state index contributed by atoms with van der Waals surface area (Å²) >= 11 is 0. The summed E-state index contributed by atoms with van der Waals surface area (Å²) in [5.41, 5.74) is 0.435. The van der Waals surface area contributed by atoms with Crippen molar-refractivity contribution in [2.75, 3.05) is 6.61 Å². The van der Waals surface area contributed by atoms with Gasteiger partial charge in [-0.3, -0.25) is 0 Å². The predicted molar refractivity (Wildman–Crippen MR) is 112 cm³/mol. The third-order valence-electron chi connectivity index (χ3n) is 6.51. The Morgan fingerprint density at radius 1 is 0.933 bits per heavy atom. The van der Waals surface area contributed by atoms with Crippen LogP contribution in [0.2, 0.25) is 0 Å². The van der Waals surface area contributed by atoms with Crippen LogP contribution in [-0.2, 0) is 10.9 Å². The van der Waals surface area contributed by atoms with Gasteiger partial charge in [-0.1, -0.05) is 30.4 Å². The Morgan fingerprint density at radius 3 is 2.20 bits per heavy atom. The highest BCUT2D eigenvalue weighted by Gasteiger charge is 2.31. The maximum absolute atomic E-state index is 12.7. The van der Waals surface area contributed by atoms with Gasteiger partial charge in [0.05, 0.1) is 17.7 Å². The molecule has 3 rings (SSSR count). The average Bonchev–Trinajstić information content (AvgIpc) is 2.76. The van der Waals surface area contributed by atoms with Crippen molar-refractivity contribution in [2.24, 2.45) is 11.8 Å². The fourth-order valence-corrected chi connectivity index (χ4v) is 4.65. The summed E-state index contributed by atoms with van der Waals surface area (Å²) in [6.45, 7) is 0.820. The van der Waals surface area contributed by atoms with E-state index in [1.54, 1.807) is 18.2 Å². The summed E-state index contributed by atoms with van der Waals surface area (Å²) in [4.78, 5) is 0. The van der Waals surface area contributed by atoms with E-state index in [0.29, 0.717) is 17.8 Å². The van der Waals surface area contributed by atoms with Crippen molar-refractivity contribution in [1.29, 1.82) is 5.26 Å². The van der Waals surface area contributed by atoms with Gasteiger partial charge in [-0.25, -0.2) is 0 Å². The molecule has 2 nitrogen and oxygen atoms in total. The number of rotatable bonds is 6. The lowest BCUT2D eigenvalue weighted by Gasteiger charge is -2.32. The first-order chi connectivity index (χ1) is 14.5. The van der Waals surface area contributed by atoms with Crippen LogP contribution in [0.15, 0.2) is 48.6 Å². The summed E-state index contributed by atoms with van der Waals surface area (Å²) < 4.78 is 44.4. The van der Waals surface area contributed by atoms with E-state index in [-0.39, 0.29) is 6.10 Å². The second-order valence-corrected chi connectivity index (χ2v) is 8.58. The van der Waals surface area contributed by atoms with Gasteiger partial charge in [-0.05, 0) is 86.8 Å². The number of nitriles is 1. The van der Waals surface area contributed by atoms with Gasteiger partial charge in [0.2, 0.25) is 0 Å². The van der Waals surface area contributed by atoms with Gasteiger partial charge >= 0.3 is 6.18 Å². The van der Waals surface area contributed by atoms with Crippen LogP contribution >= 0.6 is 0 Å². The van der Waals surface area contributed by atoms with Gasteiger partial charge in [0, 0.05) is 12.7 Å².